The summed E-state index contributed by atoms with van der Waals surface area (Å²) < 4.78 is 9.77. The lowest BCUT2D eigenvalue weighted by Gasteiger charge is -2.39. The lowest BCUT2D eigenvalue weighted by atomic mass is 9.79. The highest BCUT2D eigenvalue weighted by atomic mass is 32.1. The number of likely N-dealkylation sites (tertiary alicyclic amines) is 1. The van der Waals surface area contributed by atoms with Gasteiger partial charge in [0.15, 0.2) is 0 Å². The third-order valence-corrected chi connectivity index (χ3v) is 5.15. The van der Waals surface area contributed by atoms with E-state index in [1.807, 2.05) is 0 Å². The minimum Gasteiger partial charge on any atom is -0.381 e. The summed E-state index contributed by atoms with van der Waals surface area (Å²) in [6, 6.07) is 0. The van der Waals surface area contributed by atoms with E-state index < -0.39 is 0 Å². The molecule has 2 fully saturated rings. The van der Waals surface area contributed by atoms with E-state index in [1.54, 1.807) is 11.5 Å². The summed E-state index contributed by atoms with van der Waals surface area (Å²) in [5, 5.41) is 4.29. The highest BCUT2D eigenvalue weighted by Crippen LogP contribution is 2.38. The molecule has 3 rings (SSSR count). The van der Waals surface area contributed by atoms with Crippen molar-refractivity contribution in [2.45, 2.75) is 45.6 Å². The molecule has 106 valence electrons. The van der Waals surface area contributed by atoms with Crippen molar-refractivity contribution in [3.05, 3.63) is 10.6 Å². The Labute approximate surface area is 119 Å². The molecule has 0 saturated carbocycles. The van der Waals surface area contributed by atoms with Crippen molar-refractivity contribution in [3.8, 4) is 0 Å². The quantitative estimate of drug-likeness (QED) is 0.854. The van der Waals surface area contributed by atoms with E-state index in [1.165, 1.54) is 42.9 Å². The smallest absolute Gasteiger partial charge is 0.0826 e. The second kappa shape index (κ2) is 5.46. The second-order valence-electron chi connectivity index (χ2n) is 6.35. The number of piperidine rings is 1. The fraction of sp³-hybridized carbons (Fsp3) is 0.857. The van der Waals surface area contributed by atoms with Crippen LogP contribution in [0.4, 0.5) is 0 Å². The van der Waals surface area contributed by atoms with Crippen LogP contribution in [-0.4, -0.2) is 40.8 Å². The van der Waals surface area contributed by atoms with Gasteiger partial charge in [-0.25, -0.2) is 0 Å². The molecule has 5 heteroatoms. The van der Waals surface area contributed by atoms with E-state index >= 15 is 0 Å². The maximum absolute atomic E-state index is 5.63. The highest BCUT2D eigenvalue weighted by molar-refractivity contribution is 7.05. The summed E-state index contributed by atoms with van der Waals surface area (Å²) in [4.78, 5) is 3.94. The number of hydrogen-bond acceptors (Lipinski definition) is 5. The van der Waals surface area contributed by atoms with Crippen molar-refractivity contribution in [2.75, 3.05) is 26.3 Å². The van der Waals surface area contributed by atoms with Crippen LogP contribution in [0.3, 0.4) is 0 Å². The van der Waals surface area contributed by atoms with E-state index in [-0.39, 0.29) is 0 Å². The average molecular weight is 281 g/mol. The summed E-state index contributed by atoms with van der Waals surface area (Å²) >= 11 is 1.57. The number of hydrogen-bond donors (Lipinski definition) is 0. The van der Waals surface area contributed by atoms with Gasteiger partial charge in [-0.2, -0.15) is 0 Å². The van der Waals surface area contributed by atoms with E-state index in [0.717, 1.165) is 19.8 Å². The fourth-order valence-corrected chi connectivity index (χ4v) is 4.22. The van der Waals surface area contributed by atoms with Crippen LogP contribution in [0.15, 0.2) is 0 Å². The van der Waals surface area contributed by atoms with Gasteiger partial charge in [0.1, 0.15) is 0 Å². The van der Waals surface area contributed by atoms with Crippen molar-refractivity contribution in [1.82, 2.24) is 14.5 Å². The van der Waals surface area contributed by atoms with Crippen molar-refractivity contribution >= 4 is 11.5 Å². The zero-order valence-corrected chi connectivity index (χ0v) is 12.7. The molecule has 2 aliphatic heterocycles. The van der Waals surface area contributed by atoms with Crippen LogP contribution in [0.1, 0.15) is 49.6 Å². The van der Waals surface area contributed by atoms with Gasteiger partial charge in [0, 0.05) is 25.1 Å². The van der Waals surface area contributed by atoms with Crippen molar-refractivity contribution in [2.24, 2.45) is 5.41 Å². The van der Waals surface area contributed by atoms with Crippen LogP contribution in [0.25, 0.3) is 0 Å². The summed E-state index contributed by atoms with van der Waals surface area (Å²) in [7, 11) is 0. The lowest BCUT2D eigenvalue weighted by molar-refractivity contribution is 0.0648. The van der Waals surface area contributed by atoms with Crippen LogP contribution in [-0.2, 0) is 11.3 Å². The molecule has 2 aliphatic rings. The van der Waals surface area contributed by atoms with Gasteiger partial charge in [-0.15, -0.1) is 5.10 Å². The largest absolute Gasteiger partial charge is 0.381 e. The third kappa shape index (κ3) is 2.83. The van der Waals surface area contributed by atoms with E-state index in [9.17, 15) is 0 Å². The molecule has 2 saturated heterocycles. The summed E-state index contributed by atoms with van der Waals surface area (Å²) in [5.41, 5.74) is 1.63. The highest BCUT2D eigenvalue weighted by Gasteiger charge is 2.39. The molecular formula is C14H23N3OS. The molecule has 0 N–H and O–H groups in total. The predicted octanol–water partition coefficient (Wildman–Crippen LogP) is 2.66. The van der Waals surface area contributed by atoms with E-state index in [0.29, 0.717) is 11.3 Å². The molecule has 4 nitrogen and oxygen atoms in total. The molecule has 0 radical (unpaired) electrons. The van der Waals surface area contributed by atoms with Gasteiger partial charge in [0.2, 0.25) is 0 Å². The summed E-state index contributed by atoms with van der Waals surface area (Å²) in [5.74, 6) is 0.474. The molecule has 1 atom stereocenters. The van der Waals surface area contributed by atoms with Gasteiger partial charge in [-0.3, -0.25) is 4.90 Å². The first-order valence-electron chi connectivity index (χ1n) is 7.30. The Morgan fingerprint density at radius 3 is 3.05 bits per heavy atom. The molecule has 0 bridgehead atoms. The fourth-order valence-electron chi connectivity index (χ4n) is 3.38. The van der Waals surface area contributed by atoms with Gasteiger partial charge in [0.25, 0.3) is 0 Å². The maximum atomic E-state index is 5.63. The lowest BCUT2D eigenvalue weighted by Crippen LogP contribution is -2.43. The zero-order valence-electron chi connectivity index (χ0n) is 11.9. The Morgan fingerprint density at radius 2 is 2.32 bits per heavy atom. The number of aromatic nitrogens is 2. The Morgan fingerprint density at radius 1 is 1.42 bits per heavy atom. The molecule has 0 aromatic carbocycles. The van der Waals surface area contributed by atoms with Gasteiger partial charge in [-0.05, 0) is 43.3 Å². The van der Waals surface area contributed by atoms with Crippen molar-refractivity contribution < 1.29 is 4.74 Å². The first-order chi connectivity index (χ1) is 9.19. The topological polar surface area (TPSA) is 38.2 Å². The third-order valence-electron chi connectivity index (χ3n) is 4.42. The van der Waals surface area contributed by atoms with Crippen LogP contribution >= 0.6 is 11.5 Å². The molecular weight excluding hydrogens is 258 g/mol. The average Bonchev–Trinajstić information content (AvgIpc) is 2.99. The van der Waals surface area contributed by atoms with Crippen LogP contribution in [0, 0.1) is 5.41 Å². The Hall–Kier alpha value is -0.520. The molecule has 1 unspecified atom stereocenters. The summed E-state index contributed by atoms with van der Waals surface area (Å²) in [6.45, 7) is 9.71. The van der Waals surface area contributed by atoms with Crippen LogP contribution < -0.4 is 0 Å². The zero-order chi connectivity index (χ0) is 13.3. The van der Waals surface area contributed by atoms with E-state index in [2.05, 4.69) is 28.3 Å². The van der Waals surface area contributed by atoms with Crippen LogP contribution in [0.5, 0.6) is 0 Å². The molecule has 1 aromatic rings. The second-order valence-corrected chi connectivity index (χ2v) is 7.19. The van der Waals surface area contributed by atoms with Crippen molar-refractivity contribution in [3.63, 3.8) is 0 Å². The molecule has 0 amide bonds. The first-order valence-corrected chi connectivity index (χ1v) is 8.07. The monoisotopic (exact) mass is 281 g/mol. The standard InChI is InChI=1S/C14H23N3OS/c1-11(2)13-12(19-16-15-13)8-17-6-3-4-14(9-17)5-7-18-10-14/h11H,3-10H2,1-2H3. The Kier molecular flexibility index (Phi) is 3.87. The molecule has 1 spiro atoms. The molecule has 19 heavy (non-hydrogen) atoms. The van der Waals surface area contributed by atoms with E-state index in [4.69, 9.17) is 4.74 Å². The maximum Gasteiger partial charge on any atom is 0.0826 e. The summed E-state index contributed by atoms with van der Waals surface area (Å²) in [6.07, 6.45) is 3.87. The predicted molar refractivity (Wildman–Crippen MR) is 76.4 cm³/mol. The normalized spacial score (nSPS) is 28.6. The van der Waals surface area contributed by atoms with Gasteiger partial charge in [0.05, 0.1) is 17.2 Å². The first kappa shape index (κ1) is 13.5. The number of ether oxygens (including phenoxy) is 1. The van der Waals surface area contributed by atoms with Gasteiger partial charge < -0.3 is 4.74 Å². The Balaban J connectivity index is 1.67. The minimum atomic E-state index is 0.439. The number of rotatable bonds is 3. The van der Waals surface area contributed by atoms with Crippen molar-refractivity contribution in [1.29, 1.82) is 0 Å². The van der Waals surface area contributed by atoms with Gasteiger partial charge >= 0.3 is 0 Å². The van der Waals surface area contributed by atoms with Crippen LogP contribution in [0.2, 0.25) is 0 Å². The molecule has 1 aromatic heterocycles. The molecule has 0 aliphatic carbocycles. The SMILES string of the molecule is CC(C)c1nnsc1CN1CCCC2(CCOC2)C1. The number of nitrogens with zero attached hydrogens (tertiary/aromatic N) is 3. The minimum absolute atomic E-state index is 0.439. The Bertz CT molecular complexity index is 426. The molecule has 3 heterocycles. The van der Waals surface area contributed by atoms with Gasteiger partial charge in [-0.1, -0.05) is 18.3 Å².